The number of carbonyl (C=O) groups excluding carboxylic acids is 1. The van der Waals surface area contributed by atoms with Gasteiger partial charge in [-0.25, -0.2) is 13.9 Å². The first-order valence-electron chi connectivity index (χ1n) is 14.2. The topological polar surface area (TPSA) is 93.5 Å². The molecule has 2 N–H and O–H groups in total. The fourth-order valence-corrected chi connectivity index (χ4v) is 7.78. The minimum absolute atomic E-state index is 0.0593. The van der Waals surface area contributed by atoms with Gasteiger partial charge >= 0.3 is 5.91 Å². The maximum absolute atomic E-state index is 13.8. The quantitative estimate of drug-likeness (QED) is 0.357. The Morgan fingerprint density at radius 1 is 1.03 bits per heavy atom. The minimum Gasteiger partial charge on any atom is -0.432 e. The third-order valence-electron chi connectivity index (χ3n) is 7.61. The summed E-state index contributed by atoms with van der Waals surface area (Å²) in [6.07, 6.45) is 8.41. The van der Waals surface area contributed by atoms with Crippen molar-refractivity contribution in [3.8, 4) is 11.3 Å². The van der Waals surface area contributed by atoms with Gasteiger partial charge in [0.2, 0.25) is 0 Å². The van der Waals surface area contributed by atoms with Gasteiger partial charge in [0.15, 0.2) is 5.76 Å². The van der Waals surface area contributed by atoms with Crippen LogP contribution in [0.5, 0.6) is 0 Å². The van der Waals surface area contributed by atoms with Crippen LogP contribution in [0.25, 0.3) is 22.1 Å². The Kier molecular flexibility index (Phi) is 8.17. The molecule has 1 aromatic heterocycles. The van der Waals surface area contributed by atoms with E-state index in [0.29, 0.717) is 29.8 Å². The number of ether oxygens (including phenoxy) is 1. The number of fused-ring (bicyclic) bond motifs is 1. The molecule has 1 saturated heterocycles. The summed E-state index contributed by atoms with van der Waals surface area (Å²) in [5.41, 5.74) is 1.30. The van der Waals surface area contributed by atoms with E-state index >= 15 is 0 Å². The first kappa shape index (κ1) is 27.9. The number of hydrogen-bond acceptors (Lipinski definition) is 5. The van der Waals surface area contributed by atoms with Gasteiger partial charge in [-0.3, -0.25) is 4.79 Å². The molecule has 1 saturated carbocycles. The SMILES string of the molecule is C=S(=O)(NC(C)(C)C)c1ccc(-c2oc(C(=O)NC3CCOCC3)nc2CC2CCCCC2)c2ccccc12. The van der Waals surface area contributed by atoms with Crippen LogP contribution in [0.4, 0.5) is 0 Å². The number of benzene rings is 2. The zero-order valence-corrected chi connectivity index (χ0v) is 24.2. The zero-order valence-electron chi connectivity index (χ0n) is 23.4. The Bertz CT molecular complexity index is 1430. The first-order valence-corrected chi connectivity index (χ1v) is 15.9. The van der Waals surface area contributed by atoms with Crippen molar-refractivity contribution in [3.63, 3.8) is 0 Å². The number of hydrogen-bond donors (Lipinski definition) is 2. The number of amides is 1. The molecular formula is C31H41N3O4S. The third-order valence-corrected chi connectivity index (χ3v) is 9.62. The molecule has 1 atom stereocenters. The monoisotopic (exact) mass is 551 g/mol. The summed E-state index contributed by atoms with van der Waals surface area (Å²) in [6.45, 7) is 7.23. The van der Waals surface area contributed by atoms with Gasteiger partial charge in [-0.2, -0.15) is 0 Å². The predicted molar refractivity (Wildman–Crippen MR) is 157 cm³/mol. The third kappa shape index (κ3) is 6.56. The van der Waals surface area contributed by atoms with Crippen molar-refractivity contribution in [2.45, 2.75) is 88.6 Å². The molecule has 0 radical (unpaired) electrons. The fourth-order valence-electron chi connectivity index (χ4n) is 5.86. The van der Waals surface area contributed by atoms with E-state index in [1.165, 1.54) is 19.3 Å². The normalized spacial score (nSPS) is 19.2. The molecule has 1 aliphatic carbocycles. The summed E-state index contributed by atoms with van der Waals surface area (Å²) >= 11 is 0. The number of nitrogens with one attached hydrogen (secondary N) is 2. The number of aromatic nitrogens is 1. The lowest BCUT2D eigenvalue weighted by Crippen LogP contribution is -2.40. The summed E-state index contributed by atoms with van der Waals surface area (Å²) in [7, 11) is -2.77. The van der Waals surface area contributed by atoms with Crippen molar-refractivity contribution in [3.05, 3.63) is 48.0 Å². The van der Waals surface area contributed by atoms with E-state index in [1.807, 2.05) is 57.2 Å². The molecule has 7 nitrogen and oxygen atoms in total. The van der Waals surface area contributed by atoms with E-state index < -0.39 is 9.71 Å². The highest BCUT2D eigenvalue weighted by Gasteiger charge is 2.27. The summed E-state index contributed by atoms with van der Waals surface area (Å²) in [6, 6.07) is 11.8. The molecule has 2 heterocycles. The molecule has 0 spiro atoms. The minimum atomic E-state index is -2.77. The lowest BCUT2D eigenvalue weighted by molar-refractivity contribution is 0.0680. The lowest BCUT2D eigenvalue weighted by atomic mass is 9.85. The van der Waals surface area contributed by atoms with Crippen molar-refractivity contribution < 1.29 is 18.2 Å². The maximum atomic E-state index is 13.8. The van der Waals surface area contributed by atoms with Crippen LogP contribution in [0.2, 0.25) is 0 Å². The summed E-state index contributed by atoms with van der Waals surface area (Å²) in [5, 5.41) is 4.84. The summed E-state index contributed by atoms with van der Waals surface area (Å²) < 4.78 is 28.7. The van der Waals surface area contributed by atoms with Crippen LogP contribution in [-0.4, -0.2) is 45.8 Å². The van der Waals surface area contributed by atoms with E-state index in [4.69, 9.17) is 14.1 Å². The van der Waals surface area contributed by atoms with Gasteiger partial charge in [0.25, 0.3) is 5.89 Å². The summed E-state index contributed by atoms with van der Waals surface area (Å²) in [5.74, 6) is 5.04. The second kappa shape index (κ2) is 11.4. The molecular weight excluding hydrogens is 510 g/mol. The van der Waals surface area contributed by atoms with Crippen molar-refractivity contribution >= 4 is 32.3 Å². The second-order valence-electron chi connectivity index (χ2n) is 12.0. The standard InChI is InChI=1S/C31H41N3O4S/c1-31(2,3)34-39(4,36)27-15-14-25(23-12-8-9-13-24(23)27)28-26(20-21-10-6-5-7-11-21)33-30(38-28)29(35)32-22-16-18-37-19-17-22/h8-9,12-15,21-22H,4-7,10-11,16-20H2,1-3H3,(H,32,35)(H,34,36). The Morgan fingerprint density at radius 2 is 1.72 bits per heavy atom. The molecule has 2 fully saturated rings. The smallest absolute Gasteiger partial charge is 0.307 e. The molecule has 1 amide bonds. The molecule has 8 heteroatoms. The van der Waals surface area contributed by atoms with Crippen LogP contribution in [0.1, 0.15) is 82.1 Å². The maximum Gasteiger partial charge on any atom is 0.307 e. The van der Waals surface area contributed by atoms with E-state index in [9.17, 15) is 9.00 Å². The number of oxazole rings is 1. The Morgan fingerprint density at radius 3 is 2.41 bits per heavy atom. The molecule has 5 rings (SSSR count). The second-order valence-corrected chi connectivity index (χ2v) is 14.0. The molecule has 2 aromatic carbocycles. The number of rotatable bonds is 7. The zero-order chi connectivity index (χ0) is 27.6. The molecule has 0 bridgehead atoms. The van der Waals surface area contributed by atoms with Gasteiger partial charge < -0.3 is 14.5 Å². The Labute approximate surface area is 232 Å². The van der Waals surface area contributed by atoms with Gasteiger partial charge in [-0.1, -0.05) is 56.4 Å². The first-order chi connectivity index (χ1) is 18.6. The summed E-state index contributed by atoms with van der Waals surface area (Å²) in [4.78, 5) is 18.7. The molecule has 2 aliphatic rings. The molecule has 210 valence electrons. The lowest BCUT2D eigenvalue weighted by Gasteiger charge is -2.25. The number of carbonyl (C=O) groups is 1. The van der Waals surface area contributed by atoms with Gasteiger partial charge in [-0.05, 0) is 74.7 Å². The van der Waals surface area contributed by atoms with Crippen molar-refractivity contribution in [2.75, 3.05) is 13.2 Å². The Hall–Kier alpha value is -2.68. The van der Waals surface area contributed by atoms with E-state index in [-0.39, 0.29) is 23.4 Å². The highest BCUT2D eigenvalue weighted by Crippen LogP contribution is 2.37. The van der Waals surface area contributed by atoms with Crippen LogP contribution in [0.3, 0.4) is 0 Å². The number of nitrogens with zero attached hydrogens (tertiary/aromatic N) is 1. The van der Waals surface area contributed by atoms with Crippen LogP contribution in [-0.2, 0) is 20.9 Å². The molecule has 1 unspecified atom stereocenters. The van der Waals surface area contributed by atoms with Crippen molar-refractivity contribution in [1.29, 1.82) is 0 Å². The Balaban J connectivity index is 1.56. The molecule has 3 aromatic rings. The predicted octanol–water partition coefficient (Wildman–Crippen LogP) is 5.90. The van der Waals surface area contributed by atoms with Crippen LogP contribution in [0, 0.1) is 5.92 Å². The average Bonchev–Trinajstić information content (AvgIpc) is 3.31. The van der Waals surface area contributed by atoms with Gasteiger partial charge in [0.05, 0.1) is 20.3 Å². The van der Waals surface area contributed by atoms with Crippen molar-refractivity contribution in [1.82, 2.24) is 15.0 Å². The highest BCUT2D eigenvalue weighted by atomic mass is 32.2. The molecule has 1 aliphatic heterocycles. The largest absolute Gasteiger partial charge is 0.432 e. The van der Waals surface area contributed by atoms with Gasteiger partial charge in [-0.15, -0.1) is 0 Å². The van der Waals surface area contributed by atoms with Crippen LogP contribution >= 0.6 is 0 Å². The van der Waals surface area contributed by atoms with Gasteiger partial charge in [0.1, 0.15) is 0 Å². The van der Waals surface area contributed by atoms with Crippen LogP contribution in [0.15, 0.2) is 45.7 Å². The highest BCUT2D eigenvalue weighted by molar-refractivity contribution is 7.98. The molecule has 39 heavy (non-hydrogen) atoms. The van der Waals surface area contributed by atoms with E-state index in [0.717, 1.165) is 54.1 Å². The van der Waals surface area contributed by atoms with Crippen LogP contribution < -0.4 is 10.0 Å². The fraction of sp³-hybridized carbons (Fsp3) is 0.516. The van der Waals surface area contributed by atoms with E-state index in [2.05, 4.69) is 15.9 Å². The van der Waals surface area contributed by atoms with Crippen molar-refractivity contribution in [2.24, 2.45) is 5.92 Å². The van der Waals surface area contributed by atoms with E-state index in [1.54, 1.807) is 0 Å². The average molecular weight is 552 g/mol. The van der Waals surface area contributed by atoms with Gasteiger partial charge in [0, 0.05) is 30.4 Å².